The second kappa shape index (κ2) is 5.33. The van der Waals surface area contributed by atoms with Crippen LogP contribution in [0.3, 0.4) is 0 Å². The largest absolute Gasteiger partial charge is 0.393 e. The third-order valence-corrected chi connectivity index (χ3v) is 2.45. The van der Waals surface area contributed by atoms with E-state index in [1.54, 1.807) is 6.07 Å². The van der Waals surface area contributed by atoms with Crippen molar-refractivity contribution in [2.45, 2.75) is 17.7 Å². The van der Waals surface area contributed by atoms with Crippen LogP contribution in [0.25, 0.3) is 0 Å². The molecule has 6 nitrogen and oxygen atoms in total. The van der Waals surface area contributed by atoms with Gasteiger partial charge in [-0.1, -0.05) is 11.8 Å². The molecule has 0 aliphatic heterocycles. The Bertz CT molecular complexity index is 359. The fourth-order valence-electron chi connectivity index (χ4n) is 0.962. The van der Waals surface area contributed by atoms with Gasteiger partial charge in [0.2, 0.25) is 0 Å². The van der Waals surface area contributed by atoms with Crippen molar-refractivity contribution in [3.8, 4) is 0 Å². The normalized spacial score (nSPS) is 14.5. The molecular formula is C9H16N4O2S. The summed E-state index contributed by atoms with van der Waals surface area (Å²) >= 11 is 1.38. The van der Waals surface area contributed by atoms with Gasteiger partial charge >= 0.3 is 0 Å². The van der Waals surface area contributed by atoms with Gasteiger partial charge in [0.25, 0.3) is 0 Å². The van der Waals surface area contributed by atoms with Gasteiger partial charge in [0.15, 0.2) is 5.16 Å². The summed E-state index contributed by atoms with van der Waals surface area (Å²) in [6, 6.07) is 1.58. The van der Waals surface area contributed by atoms with E-state index in [4.69, 9.17) is 10.8 Å². The first kappa shape index (κ1) is 13.0. The lowest BCUT2D eigenvalue weighted by Crippen LogP contribution is -2.37. The number of aliphatic hydroxyl groups is 2. The van der Waals surface area contributed by atoms with Gasteiger partial charge in [0.1, 0.15) is 17.2 Å². The number of nitrogens with zero attached hydrogens (tertiary/aromatic N) is 2. The molecule has 16 heavy (non-hydrogen) atoms. The standard InChI is InChI=1S/C9H16N4O2S/c1-9(15,5-14)4-11-7-3-6(10)12-8(13-7)16-2/h3,14-15H,4-5H2,1-2H3,(H3,10,11,12,13). The minimum atomic E-state index is -1.18. The van der Waals surface area contributed by atoms with E-state index in [1.165, 1.54) is 18.7 Å². The van der Waals surface area contributed by atoms with Crippen molar-refractivity contribution < 1.29 is 10.2 Å². The quantitative estimate of drug-likeness (QED) is 0.425. The Morgan fingerprint density at radius 1 is 1.56 bits per heavy atom. The second-order valence-corrected chi connectivity index (χ2v) is 4.45. The Kier molecular flexibility index (Phi) is 4.34. The van der Waals surface area contributed by atoms with E-state index < -0.39 is 5.60 Å². The Morgan fingerprint density at radius 2 is 2.25 bits per heavy atom. The van der Waals surface area contributed by atoms with Crippen molar-refractivity contribution >= 4 is 23.4 Å². The Morgan fingerprint density at radius 3 is 2.81 bits per heavy atom. The summed E-state index contributed by atoms with van der Waals surface area (Å²) in [6.07, 6.45) is 1.85. The van der Waals surface area contributed by atoms with Crippen LogP contribution in [0, 0.1) is 0 Å². The lowest BCUT2D eigenvalue weighted by atomic mass is 10.1. The Balaban J connectivity index is 2.70. The lowest BCUT2D eigenvalue weighted by Gasteiger charge is -2.21. The molecule has 0 spiro atoms. The number of aliphatic hydroxyl groups excluding tert-OH is 1. The van der Waals surface area contributed by atoms with Crippen molar-refractivity contribution in [1.29, 1.82) is 0 Å². The van der Waals surface area contributed by atoms with E-state index in [9.17, 15) is 5.11 Å². The van der Waals surface area contributed by atoms with Gasteiger partial charge < -0.3 is 21.3 Å². The van der Waals surface area contributed by atoms with Crippen LogP contribution in [0.15, 0.2) is 11.2 Å². The highest BCUT2D eigenvalue weighted by Gasteiger charge is 2.18. The number of anilines is 2. The van der Waals surface area contributed by atoms with Crippen LogP contribution in [0.4, 0.5) is 11.6 Å². The molecule has 1 heterocycles. The molecule has 90 valence electrons. The molecule has 0 amide bonds. The number of thioether (sulfide) groups is 1. The van der Waals surface area contributed by atoms with Crippen LogP contribution in [0.1, 0.15) is 6.92 Å². The maximum atomic E-state index is 9.59. The fraction of sp³-hybridized carbons (Fsp3) is 0.556. The van der Waals surface area contributed by atoms with Crippen molar-refractivity contribution in [1.82, 2.24) is 9.97 Å². The second-order valence-electron chi connectivity index (χ2n) is 3.67. The minimum absolute atomic E-state index is 0.188. The Hall–Kier alpha value is -1.05. The van der Waals surface area contributed by atoms with E-state index in [1.807, 2.05) is 6.26 Å². The monoisotopic (exact) mass is 244 g/mol. The van der Waals surface area contributed by atoms with Gasteiger partial charge in [0.05, 0.1) is 6.61 Å². The van der Waals surface area contributed by atoms with Crippen molar-refractivity contribution in [3.63, 3.8) is 0 Å². The Labute approximate surface area is 98.3 Å². The number of nitrogens with two attached hydrogens (primary N) is 1. The van der Waals surface area contributed by atoms with Gasteiger partial charge in [-0.25, -0.2) is 9.97 Å². The number of aromatic nitrogens is 2. The van der Waals surface area contributed by atoms with Gasteiger partial charge in [-0.2, -0.15) is 0 Å². The molecular weight excluding hydrogens is 228 g/mol. The first-order valence-corrected chi connectivity index (χ1v) is 5.95. The number of hydrogen-bond donors (Lipinski definition) is 4. The highest BCUT2D eigenvalue weighted by atomic mass is 32.2. The van der Waals surface area contributed by atoms with Gasteiger partial charge in [-0.3, -0.25) is 0 Å². The first-order valence-electron chi connectivity index (χ1n) is 4.72. The van der Waals surface area contributed by atoms with E-state index in [-0.39, 0.29) is 13.2 Å². The molecule has 1 aromatic heterocycles. The van der Waals surface area contributed by atoms with Crippen molar-refractivity contribution in [2.75, 3.05) is 30.5 Å². The molecule has 1 rings (SSSR count). The van der Waals surface area contributed by atoms with E-state index in [0.29, 0.717) is 16.8 Å². The van der Waals surface area contributed by atoms with Gasteiger partial charge in [-0.15, -0.1) is 0 Å². The zero-order valence-electron chi connectivity index (χ0n) is 9.27. The summed E-state index contributed by atoms with van der Waals surface area (Å²) in [5, 5.41) is 21.9. The van der Waals surface area contributed by atoms with Gasteiger partial charge in [0, 0.05) is 12.6 Å². The molecule has 0 aliphatic carbocycles. The highest BCUT2D eigenvalue weighted by Crippen LogP contribution is 2.15. The van der Waals surface area contributed by atoms with E-state index in [2.05, 4.69) is 15.3 Å². The lowest BCUT2D eigenvalue weighted by molar-refractivity contribution is 0.0131. The number of nitrogens with one attached hydrogen (secondary N) is 1. The maximum absolute atomic E-state index is 9.59. The SMILES string of the molecule is CSc1nc(N)cc(NCC(C)(O)CO)n1. The number of rotatable bonds is 5. The molecule has 1 atom stereocenters. The topological polar surface area (TPSA) is 104 Å². The summed E-state index contributed by atoms with van der Waals surface area (Å²) < 4.78 is 0. The fourth-order valence-corrected chi connectivity index (χ4v) is 1.35. The predicted molar refractivity (Wildman–Crippen MR) is 64.4 cm³/mol. The zero-order valence-corrected chi connectivity index (χ0v) is 10.1. The summed E-state index contributed by atoms with van der Waals surface area (Å²) in [5.74, 6) is 0.899. The van der Waals surface area contributed by atoms with Crippen LogP contribution in [-0.4, -0.2) is 45.2 Å². The average Bonchev–Trinajstić information content (AvgIpc) is 2.26. The van der Waals surface area contributed by atoms with Crippen LogP contribution in [0.2, 0.25) is 0 Å². The molecule has 0 fully saturated rings. The third kappa shape index (κ3) is 3.84. The molecule has 0 radical (unpaired) electrons. The minimum Gasteiger partial charge on any atom is -0.393 e. The van der Waals surface area contributed by atoms with Crippen molar-refractivity contribution in [2.24, 2.45) is 0 Å². The molecule has 7 heteroatoms. The summed E-state index contributed by atoms with van der Waals surface area (Å²) in [5.41, 5.74) is 4.41. The van der Waals surface area contributed by atoms with Crippen LogP contribution in [-0.2, 0) is 0 Å². The molecule has 0 aliphatic rings. The smallest absolute Gasteiger partial charge is 0.191 e. The predicted octanol–water partition coefficient (Wildman–Crippen LogP) is -0.0641. The van der Waals surface area contributed by atoms with Gasteiger partial charge in [-0.05, 0) is 13.2 Å². The molecule has 5 N–H and O–H groups in total. The molecule has 0 aromatic carbocycles. The van der Waals surface area contributed by atoms with E-state index >= 15 is 0 Å². The number of nitrogen functional groups attached to an aromatic ring is 1. The highest BCUT2D eigenvalue weighted by molar-refractivity contribution is 7.98. The molecule has 0 saturated heterocycles. The molecule has 1 aromatic rings. The first-order chi connectivity index (χ1) is 7.46. The summed E-state index contributed by atoms with van der Waals surface area (Å²) in [7, 11) is 0. The summed E-state index contributed by atoms with van der Waals surface area (Å²) in [4.78, 5) is 8.15. The van der Waals surface area contributed by atoms with E-state index in [0.717, 1.165) is 0 Å². The third-order valence-electron chi connectivity index (χ3n) is 1.90. The number of hydrogen-bond acceptors (Lipinski definition) is 7. The zero-order chi connectivity index (χ0) is 12.2. The molecule has 1 unspecified atom stereocenters. The summed E-state index contributed by atoms with van der Waals surface area (Å²) in [6.45, 7) is 1.39. The average molecular weight is 244 g/mol. The van der Waals surface area contributed by atoms with Crippen LogP contribution >= 0.6 is 11.8 Å². The van der Waals surface area contributed by atoms with Crippen LogP contribution < -0.4 is 11.1 Å². The van der Waals surface area contributed by atoms with Crippen molar-refractivity contribution in [3.05, 3.63) is 6.07 Å². The maximum Gasteiger partial charge on any atom is 0.191 e. The molecule has 0 bridgehead atoms. The molecule has 0 saturated carbocycles. The van der Waals surface area contributed by atoms with Crippen LogP contribution in [0.5, 0.6) is 0 Å².